The highest BCUT2D eigenvalue weighted by Gasteiger charge is 2.35. The molecule has 1 atom stereocenters. The van der Waals surface area contributed by atoms with Crippen LogP contribution in [0.2, 0.25) is 0 Å². The van der Waals surface area contributed by atoms with Crippen molar-refractivity contribution in [3.8, 4) is 0 Å². The van der Waals surface area contributed by atoms with E-state index in [0.29, 0.717) is 23.7 Å². The van der Waals surface area contributed by atoms with Crippen molar-refractivity contribution in [2.24, 2.45) is 5.92 Å². The summed E-state index contributed by atoms with van der Waals surface area (Å²) in [5.74, 6) is 1.29. The van der Waals surface area contributed by atoms with Gasteiger partial charge < -0.3 is 4.90 Å². The molecular weight excluding hydrogens is 284 g/mol. The molecule has 4 heteroatoms. The third-order valence-electron chi connectivity index (χ3n) is 4.72. The van der Waals surface area contributed by atoms with Crippen LogP contribution in [0.4, 0.5) is 0 Å². The zero-order valence-corrected chi connectivity index (χ0v) is 13.4. The van der Waals surface area contributed by atoms with Crippen molar-refractivity contribution in [3.63, 3.8) is 0 Å². The van der Waals surface area contributed by atoms with Crippen molar-refractivity contribution < 1.29 is 4.79 Å². The molecular formula is C17H23ClN2O. The molecule has 2 fully saturated rings. The Labute approximate surface area is 131 Å². The Bertz CT molecular complexity index is 490. The van der Waals surface area contributed by atoms with Gasteiger partial charge in [-0.05, 0) is 30.9 Å². The van der Waals surface area contributed by atoms with Crippen LogP contribution in [0, 0.1) is 5.92 Å². The first-order chi connectivity index (χ1) is 10.2. The topological polar surface area (TPSA) is 23.6 Å². The minimum atomic E-state index is 0.345. The maximum Gasteiger partial charge on any atom is 0.225 e. The van der Waals surface area contributed by atoms with Crippen LogP contribution in [-0.2, 0) is 10.7 Å². The highest BCUT2D eigenvalue weighted by molar-refractivity contribution is 6.17. The van der Waals surface area contributed by atoms with Crippen LogP contribution in [0.5, 0.6) is 0 Å². The van der Waals surface area contributed by atoms with E-state index < -0.39 is 0 Å². The van der Waals surface area contributed by atoms with E-state index in [0.717, 1.165) is 44.6 Å². The number of halogens is 1. The number of hydrogen-bond acceptors (Lipinski definition) is 2. The standard InChI is InChI=1S/C17H23ClN2O/c1-13(15-4-2-14(12-18)3-5-15)19-8-10-20(11-9-19)17(21)16-6-7-16/h2-5,13,16H,6-12H2,1H3/t13-/m1/s1. The Morgan fingerprint density at radius 2 is 1.81 bits per heavy atom. The number of hydrogen-bond donors (Lipinski definition) is 0. The summed E-state index contributed by atoms with van der Waals surface area (Å²) in [4.78, 5) is 16.6. The average Bonchev–Trinajstić information content (AvgIpc) is 3.39. The predicted molar refractivity (Wildman–Crippen MR) is 85.3 cm³/mol. The smallest absolute Gasteiger partial charge is 0.225 e. The highest BCUT2D eigenvalue weighted by atomic mass is 35.5. The number of rotatable bonds is 4. The molecule has 0 spiro atoms. The Balaban J connectivity index is 1.56. The maximum absolute atomic E-state index is 12.1. The normalized spacial score (nSPS) is 21.3. The Hall–Kier alpha value is -1.06. The number of piperazine rings is 1. The van der Waals surface area contributed by atoms with Crippen LogP contribution in [0.1, 0.15) is 36.9 Å². The zero-order valence-electron chi connectivity index (χ0n) is 12.6. The molecule has 1 aliphatic carbocycles. The van der Waals surface area contributed by atoms with Gasteiger partial charge in [-0.25, -0.2) is 0 Å². The van der Waals surface area contributed by atoms with Gasteiger partial charge in [0, 0.05) is 44.0 Å². The van der Waals surface area contributed by atoms with E-state index in [9.17, 15) is 4.79 Å². The molecule has 1 aliphatic heterocycles. The predicted octanol–water partition coefficient (Wildman–Crippen LogP) is 3.04. The molecule has 0 bridgehead atoms. The van der Waals surface area contributed by atoms with Crippen LogP contribution in [-0.4, -0.2) is 41.9 Å². The second-order valence-electron chi connectivity index (χ2n) is 6.19. The van der Waals surface area contributed by atoms with E-state index in [-0.39, 0.29) is 0 Å². The summed E-state index contributed by atoms with van der Waals surface area (Å²) >= 11 is 5.84. The largest absolute Gasteiger partial charge is 0.340 e. The monoisotopic (exact) mass is 306 g/mol. The van der Waals surface area contributed by atoms with Crippen molar-refractivity contribution in [2.75, 3.05) is 26.2 Å². The van der Waals surface area contributed by atoms with Gasteiger partial charge in [-0.3, -0.25) is 9.69 Å². The van der Waals surface area contributed by atoms with Gasteiger partial charge in [-0.15, -0.1) is 11.6 Å². The first-order valence-electron chi connectivity index (χ1n) is 7.86. The van der Waals surface area contributed by atoms with Gasteiger partial charge in [0.05, 0.1) is 0 Å². The van der Waals surface area contributed by atoms with Crippen LogP contribution in [0.15, 0.2) is 24.3 Å². The highest BCUT2D eigenvalue weighted by Crippen LogP contribution is 2.31. The van der Waals surface area contributed by atoms with Gasteiger partial charge in [0.15, 0.2) is 0 Å². The van der Waals surface area contributed by atoms with Gasteiger partial charge in [-0.2, -0.15) is 0 Å². The van der Waals surface area contributed by atoms with E-state index in [4.69, 9.17) is 11.6 Å². The third-order valence-corrected chi connectivity index (χ3v) is 5.03. The van der Waals surface area contributed by atoms with Crippen molar-refractivity contribution in [2.45, 2.75) is 31.7 Å². The second kappa shape index (κ2) is 6.37. The second-order valence-corrected chi connectivity index (χ2v) is 6.45. The number of benzene rings is 1. The lowest BCUT2D eigenvalue weighted by atomic mass is 10.0. The molecule has 1 aromatic rings. The SMILES string of the molecule is C[C@H](c1ccc(CCl)cc1)N1CCN(C(=O)C2CC2)CC1. The van der Waals surface area contributed by atoms with Crippen LogP contribution < -0.4 is 0 Å². The maximum atomic E-state index is 12.1. The summed E-state index contributed by atoms with van der Waals surface area (Å²) < 4.78 is 0. The fraction of sp³-hybridized carbons (Fsp3) is 0.588. The molecule has 1 aromatic carbocycles. The lowest BCUT2D eigenvalue weighted by molar-refractivity contribution is -0.134. The van der Waals surface area contributed by atoms with Crippen molar-refractivity contribution >= 4 is 17.5 Å². The minimum absolute atomic E-state index is 0.345. The quantitative estimate of drug-likeness (QED) is 0.798. The first-order valence-corrected chi connectivity index (χ1v) is 8.40. The molecule has 3 nitrogen and oxygen atoms in total. The molecule has 0 aromatic heterocycles. The fourth-order valence-electron chi connectivity index (χ4n) is 3.01. The summed E-state index contributed by atoms with van der Waals surface area (Å²) in [5, 5.41) is 0. The Morgan fingerprint density at radius 3 is 2.33 bits per heavy atom. The molecule has 2 aliphatic rings. The van der Waals surface area contributed by atoms with E-state index >= 15 is 0 Å². The molecule has 1 heterocycles. The summed E-state index contributed by atoms with van der Waals surface area (Å²) in [6, 6.07) is 8.94. The van der Waals surface area contributed by atoms with Gasteiger partial charge in [0.2, 0.25) is 5.91 Å². The molecule has 3 rings (SSSR count). The number of nitrogens with zero attached hydrogens (tertiary/aromatic N) is 2. The van der Waals surface area contributed by atoms with Gasteiger partial charge >= 0.3 is 0 Å². The van der Waals surface area contributed by atoms with Crippen molar-refractivity contribution in [3.05, 3.63) is 35.4 Å². The molecule has 0 N–H and O–H groups in total. The van der Waals surface area contributed by atoms with Gasteiger partial charge in [0.25, 0.3) is 0 Å². The third kappa shape index (κ3) is 3.41. The summed E-state index contributed by atoms with van der Waals surface area (Å²) in [5.41, 5.74) is 2.48. The lowest BCUT2D eigenvalue weighted by Crippen LogP contribution is -2.49. The number of carbonyl (C=O) groups is 1. The lowest BCUT2D eigenvalue weighted by Gasteiger charge is -2.38. The molecule has 1 saturated carbocycles. The van der Waals surface area contributed by atoms with E-state index in [1.54, 1.807) is 0 Å². The molecule has 114 valence electrons. The Kier molecular flexibility index (Phi) is 4.51. The molecule has 1 saturated heterocycles. The van der Waals surface area contributed by atoms with Crippen molar-refractivity contribution in [1.29, 1.82) is 0 Å². The molecule has 21 heavy (non-hydrogen) atoms. The fourth-order valence-corrected chi connectivity index (χ4v) is 3.19. The number of carbonyl (C=O) groups excluding carboxylic acids is 1. The number of amides is 1. The summed E-state index contributed by atoms with van der Waals surface area (Å²) in [7, 11) is 0. The molecule has 1 amide bonds. The van der Waals surface area contributed by atoms with Gasteiger partial charge in [-0.1, -0.05) is 24.3 Å². The van der Waals surface area contributed by atoms with Crippen LogP contribution in [0.3, 0.4) is 0 Å². The van der Waals surface area contributed by atoms with E-state index in [2.05, 4.69) is 41.0 Å². The van der Waals surface area contributed by atoms with E-state index in [1.165, 1.54) is 5.56 Å². The molecule has 0 unspecified atom stereocenters. The zero-order chi connectivity index (χ0) is 14.8. The number of alkyl halides is 1. The molecule has 0 radical (unpaired) electrons. The van der Waals surface area contributed by atoms with Crippen LogP contribution in [0.25, 0.3) is 0 Å². The Morgan fingerprint density at radius 1 is 1.19 bits per heavy atom. The summed E-state index contributed by atoms with van der Waals surface area (Å²) in [6.07, 6.45) is 2.20. The van der Waals surface area contributed by atoms with E-state index in [1.807, 2.05) is 0 Å². The average molecular weight is 307 g/mol. The minimum Gasteiger partial charge on any atom is -0.340 e. The summed E-state index contributed by atoms with van der Waals surface area (Å²) in [6.45, 7) is 5.93. The van der Waals surface area contributed by atoms with Gasteiger partial charge in [0.1, 0.15) is 0 Å². The van der Waals surface area contributed by atoms with Crippen LogP contribution >= 0.6 is 11.6 Å². The first kappa shape index (κ1) is 14.9. The van der Waals surface area contributed by atoms with Crippen molar-refractivity contribution in [1.82, 2.24) is 9.80 Å².